The van der Waals surface area contributed by atoms with Gasteiger partial charge in [-0.2, -0.15) is 5.26 Å². The van der Waals surface area contributed by atoms with Crippen molar-refractivity contribution in [2.75, 3.05) is 11.1 Å². The van der Waals surface area contributed by atoms with E-state index < -0.39 is 0 Å². The number of benzene rings is 2. The largest absolute Gasteiger partial charge is 0.399 e. The Morgan fingerprint density at radius 2 is 2.00 bits per heavy atom. The van der Waals surface area contributed by atoms with E-state index in [1.165, 1.54) is 0 Å². The number of nitrogens with two attached hydrogens (primary N) is 1. The molecule has 0 atom stereocenters. The van der Waals surface area contributed by atoms with E-state index in [9.17, 15) is 5.26 Å². The molecule has 0 bridgehead atoms. The monoisotopic (exact) mass is 349 g/mol. The van der Waals surface area contributed by atoms with Crippen molar-refractivity contribution in [3.63, 3.8) is 0 Å². The van der Waals surface area contributed by atoms with Crippen molar-refractivity contribution in [2.24, 2.45) is 0 Å². The first kappa shape index (κ1) is 12.7. The van der Waals surface area contributed by atoms with Crippen LogP contribution < -0.4 is 11.1 Å². The SMILES string of the molecule is Cc1cccc(Nc2ccc(N)cc2I)c1C#N. The van der Waals surface area contributed by atoms with E-state index in [0.29, 0.717) is 5.56 Å². The van der Waals surface area contributed by atoms with Crippen molar-refractivity contribution in [1.29, 1.82) is 5.26 Å². The van der Waals surface area contributed by atoms with Crippen LogP contribution in [0.3, 0.4) is 0 Å². The Morgan fingerprint density at radius 3 is 2.67 bits per heavy atom. The Hall–Kier alpha value is -1.74. The molecule has 0 heterocycles. The van der Waals surface area contributed by atoms with Crippen molar-refractivity contribution >= 4 is 39.7 Å². The fourth-order valence-electron chi connectivity index (χ4n) is 1.70. The van der Waals surface area contributed by atoms with E-state index in [2.05, 4.69) is 34.0 Å². The molecular weight excluding hydrogens is 337 g/mol. The van der Waals surface area contributed by atoms with Gasteiger partial charge >= 0.3 is 0 Å². The molecule has 0 unspecified atom stereocenters. The van der Waals surface area contributed by atoms with Crippen LogP contribution in [0.2, 0.25) is 0 Å². The summed E-state index contributed by atoms with van der Waals surface area (Å²) >= 11 is 2.22. The number of aryl methyl sites for hydroxylation is 1. The third-order valence-corrected chi connectivity index (χ3v) is 3.54. The lowest BCUT2D eigenvalue weighted by molar-refractivity contribution is 1.38. The Morgan fingerprint density at radius 1 is 1.22 bits per heavy atom. The number of hydrogen-bond donors (Lipinski definition) is 2. The average molecular weight is 349 g/mol. The first-order valence-electron chi connectivity index (χ1n) is 5.43. The fourth-order valence-corrected chi connectivity index (χ4v) is 2.37. The molecule has 0 saturated carbocycles. The number of halogens is 1. The van der Waals surface area contributed by atoms with Crippen molar-refractivity contribution in [3.8, 4) is 6.07 Å². The number of nitrogen functional groups attached to an aromatic ring is 1. The van der Waals surface area contributed by atoms with Gasteiger partial charge in [0.15, 0.2) is 0 Å². The van der Waals surface area contributed by atoms with Gasteiger partial charge in [0.2, 0.25) is 0 Å². The van der Waals surface area contributed by atoms with E-state index in [1.54, 1.807) is 0 Å². The lowest BCUT2D eigenvalue weighted by atomic mass is 10.1. The molecule has 0 spiro atoms. The summed E-state index contributed by atoms with van der Waals surface area (Å²) in [5.74, 6) is 0. The summed E-state index contributed by atoms with van der Waals surface area (Å²) in [7, 11) is 0. The molecule has 0 saturated heterocycles. The van der Waals surface area contributed by atoms with E-state index in [-0.39, 0.29) is 0 Å². The van der Waals surface area contributed by atoms with Gasteiger partial charge in [-0.3, -0.25) is 0 Å². The van der Waals surface area contributed by atoms with Crippen LogP contribution in [-0.4, -0.2) is 0 Å². The predicted octanol–water partition coefficient (Wildman–Crippen LogP) is 3.80. The second-order valence-corrected chi connectivity index (χ2v) is 5.14. The van der Waals surface area contributed by atoms with Crippen LogP contribution in [0.4, 0.5) is 17.1 Å². The Balaban J connectivity index is 2.41. The van der Waals surface area contributed by atoms with Crippen LogP contribution in [0.1, 0.15) is 11.1 Å². The number of hydrogen-bond acceptors (Lipinski definition) is 3. The summed E-state index contributed by atoms with van der Waals surface area (Å²) in [6.07, 6.45) is 0. The zero-order valence-corrected chi connectivity index (χ0v) is 12.0. The smallest absolute Gasteiger partial charge is 0.102 e. The second-order valence-electron chi connectivity index (χ2n) is 3.97. The van der Waals surface area contributed by atoms with Crippen LogP contribution in [0.25, 0.3) is 0 Å². The van der Waals surface area contributed by atoms with Gasteiger partial charge in [-0.1, -0.05) is 12.1 Å². The summed E-state index contributed by atoms with van der Waals surface area (Å²) in [6, 6.07) is 13.6. The van der Waals surface area contributed by atoms with Gasteiger partial charge in [-0.05, 0) is 59.3 Å². The molecule has 90 valence electrons. The maximum Gasteiger partial charge on any atom is 0.102 e. The molecule has 2 aromatic carbocycles. The minimum Gasteiger partial charge on any atom is -0.399 e. The van der Waals surface area contributed by atoms with E-state index in [4.69, 9.17) is 5.73 Å². The van der Waals surface area contributed by atoms with E-state index in [0.717, 1.165) is 26.2 Å². The molecule has 3 N–H and O–H groups in total. The van der Waals surface area contributed by atoms with Crippen molar-refractivity contribution in [3.05, 3.63) is 51.1 Å². The van der Waals surface area contributed by atoms with Gasteiger partial charge < -0.3 is 11.1 Å². The standard InChI is InChI=1S/C14H12IN3/c1-9-3-2-4-13(11(9)8-16)18-14-6-5-10(17)7-12(14)15/h2-7,18H,17H2,1H3. The Kier molecular flexibility index (Phi) is 3.72. The van der Waals surface area contributed by atoms with Crippen molar-refractivity contribution < 1.29 is 0 Å². The first-order valence-corrected chi connectivity index (χ1v) is 6.51. The summed E-state index contributed by atoms with van der Waals surface area (Å²) in [4.78, 5) is 0. The first-order chi connectivity index (χ1) is 8.61. The van der Waals surface area contributed by atoms with Gasteiger partial charge in [0.25, 0.3) is 0 Å². The molecule has 0 radical (unpaired) electrons. The Bertz CT molecular complexity index is 629. The maximum absolute atomic E-state index is 9.18. The van der Waals surface area contributed by atoms with Gasteiger partial charge in [-0.15, -0.1) is 0 Å². The van der Waals surface area contributed by atoms with Gasteiger partial charge in [0.1, 0.15) is 6.07 Å². The third kappa shape index (κ3) is 2.57. The fraction of sp³-hybridized carbons (Fsp3) is 0.0714. The minimum atomic E-state index is 0.671. The Labute approximate surface area is 120 Å². The third-order valence-electron chi connectivity index (χ3n) is 2.65. The highest BCUT2D eigenvalue weighted by Gasteiger charge is 2.06. The normalized spacial score (nSPS) is 9.83. The van der Waals surface area contributed by atoms with Crippen LogP contribution in [0, 0.1) is 21.8 Å². The molecular formula is C14H12IN3. The average Bonchev–Trinajstić information content (AvgIpc) is 2.33. The minimum absolute atomic E-state index is 0.671. The van der Waals surface area contributed by atoms with Gasteiger partial charge in [-0.25, -0.2) is 0 Å². The molecule has 18 heavy (non-hydrogen) atoms. The topological polar surface area (TPSA) is 61.8 Å². The summed E-state index contributed by atoms with van der Waals surface area (Å²) in [6.45, 7) is 1.93. The highest BCUT2D eigenvalue weighted by Crippen LogP contribution is 2.27. The van der Waals surface area contributed by atoms with Crippen LogP contribution >= 0.6 is 22.6 Å². The zero-order chi connectivity index (χ0) is 13.1. The van der Waals surface area contributed by atoms with Crippen LogP contribution in [0.15, 0.2) is 36.4 Å². The molecule has 2 rings (SSSR count). The molecule has 0 amide bonds. The number of rotatable bonds is 2. The molecule has 0 aliphatic rings. The summed E-state index contributed by atoms with van der Waals surface area (Å²) in [5.41, 5.74) is 9.85. The highest BCUT2D eigenvalue weighted by atomic mass is 127. The second kappa shape index (κ2) is 5.27. The molecule has 0 aromatic heterocycles. The molecule has 0 aliphatic heterocycles. The summed E-state index contributed by atoms with van der Waals surface area (Å²) in [5, 5.41) is 12.5. The lowest BCUT2D eigenvalue weighted by Gasteiger charge is -2.11. The molecule has 3 nitrogen and oxygen atoms in total. The number of anilines is 3. The highest BCUT2D eigenvalue weighted by molar-refractivity contribution is 14.1. The maximum atomic E-state index is 9.18. The number of nitrogens with one attached hydrogen (secondary N) is 1. The van der Waals surface area contributed by atoms with Crippen LogP contribution in [-0.2, 0) is 0 Å². The van der Waals surface area contributed by atoms with Gasteiger partial charge in [0.05, 0.1) is 16.9 Å². The number of nitriles is 1. The van der Waals surface area contributed by atoms with Crippen LogP contribution in [0.5, 0.6) is 0 Å². The lowest BCUT2D eigenvalue weighted by Crippen LogP contribution is -1.98. The molecule has 2 aromatic rings. The summed E-state index contributed by atoms with van der Waals surface area (Å²) < 4.78 is 1.03. The van der Waals surface area contributed by atoms with E-state index >= 15 is 0 Å². The zero-order valence-electron chi connectivity index (χ0n) is 9.87. The predicted molar refractivity (Wildman–Crippen MR) is 82.7 cm³/mol. The van der Waals surface area contributed by atoms with E-state index in [1.807, 2.05) is 43.3 Å². The molecule has 0 fully saturated rings. The molecule has 0 aliphatic carbocycles. The van der Waals surface area contributed by atoms with Crippen molar-refractivity contribution in [2.45, 2.75) is 6.92 Å². The quantitative estimate of drug-likeness (QED) is 0.640. The van der Waals surface area contributed by atoms with Crippen molar-refractivity contribution in [1.82, 2.24) is 0 Å². The number of nitrogens with zero attached hydrogens (tertiary/aromatic N) is 1. The van der Waals surface area contributed by atoms with Gasteiger partial charge in [0, 0.05) is 9.26 Å². The molecule has 4 heteroatoms.